The van der Waals surface area contributed by atoms with Gasteiger partial charge in [-0.05, 0) is 0 Å². The Morgan fingerprint density at radius 1 is 1.45 bits per heavy atom. The van der Waals surface area contributed by atoms with E-state index in [4.69, 9.17) is 0 Å². The van der Waals surface area contributed by atoms with Crippen LogP contribution in [0.25, 0.3) is 11.3 Å². The van der Waals surface area contributed by atoms with Crippen molar-refractivity contribution in [2.24, 2.45) is 0 Å². The predicted octanol–water partition coefficient (Wildman–Crippen LogP) is 2.53. The molecule has 0 amide bonds. The fourth-order valence-electron chi connectivity index (χ4n) is 1.90. The first kappa shape index (κ1) is 14.2. The molecule has 6 nitrogen and oxygen atoms in total. The Bertz CT molecular complexity index is 592. The number of aromatic nitrogens is 2. The third-order valence-corrected chi connectivity index (χ3v) is 2.91. The van der Waals surface area contributed by atoms with Crippen LogP contribution < -0.4 is 5.32 Å². The van der Waals surface area contributed by atoms with Crippen LogP contribution in [-0.2, 0) is 6.42 Å². The molecule has 0 saturated heterocycles. The standard InChI is InChI=1S/C14H18N4O2/c1-10(2)15-7-6-14-16-9-13(17-14)11-4-3-5-12(8-11)18(19)20/h3-5,8-10,15H,6-7H2,1-2H3,(H,16,17). The summed E-state index contributed by atoms with van der Waals surface area (Å²) >= 11 is 0. The minimum atomic E-state index is -0.395. The van der Waals surface area contributed by atoms with Gasteiger partial charge in [0.05, 0.1) is 16.8 Å². The molecule has 0 atom stereocenters. The summed E-state index contributed by atoms with van der Waals surface area (Å²) in [5.74, 6) is 0.875. The summed E-state index contributed by atoms with van der Waals surface area (Å²) in [6.45, 7) is 5.03. The normalized spacial score (nSPS) is 10.9. The Morgan fingerprint density at radius 2 is 2.25 bits per heavy atom. The van der Waals surface area contributed by atoms with E-state index in [1.54, 1.807) is 18.3 Å². The Labute approximate surface area is 117 Å². The Kier molecular flexibility index (Phi) is 4.47. The van der Waals surface area contributed by atoms with Crippen LogP contribution in [0.15, 0.2) is 30.5 Å². The summed E-state index contributed by atoms with van der Waals surface area (Å²) in [5.41, 5.74) is 1.66. The molecule has 0 spiro atoms. The molecular formula is C14H18N4O2. The van der Waals surface area contributed by atoms with Crippen LogP contribution in [0.4, 0.5) is 5.69 Å². The van der Waals surface area contributed by atoms with Crippen molar-refractivity contribution in [3.8, 4) is 11.3 Å². The highest BCUT2D eigenvalue weighted by Crippen LogP contribution is 2.22. The van der Waals surface area contributed by atoms with Crippen LogP contribution in [0.1, 0.15) is 19.7 Å². The molecule has 0 aliphatic heterocycles. The molecular weight excluding hydrogens is 256 g/mol. The molecule has 106 valence electrons. The van der Waals surface area contributed by atoms with Gasteiger partial charge in [0.25, 0.3) is 5.69 Å². The van der Waals surface area contributed by atoms with E-state index in [0.29, 0.717) is 6.04 Å². The molecule has 0 unspecified atom stereocenters. The summed E-state index contributed by atoms with van der Waals surface area (Å²) in [5, 5.41) is 14.1. The van der Waals surface area contributed by atoms with Crippen molar-refractivity contribution in [1.82, 2.24) is 15.3 Å². The van der Waals surface area contributed by atoms with E-state index in [9.17, 15) is 10.1 Å². The molecule has 20 heavy (non-hydrogen) atoms. The third kappa shape index (κ3) is 3.64. The molecule has 2 rings (SSSR count). The van der Waals surface area contributed by atoms with Gasteiger partial charge >= 0.3 is 0 Å². The van der Waals surface area contributed by atoms with E-state index < -0.39 is 4.92 Å². The fourth-order valence-corrected chi connectivity index (χ4v) is 1.90. The Morgan fingerprint density at radius 3 is 2.95 bits per heavy atom. The van der Waals surface area contributed by atoms with Gasteiger partial charge in [0.2, 0.25) is 0 Å². The average molecular weight is 274 g/mol. The second-order valence-corrected chi connectivity index (χ2v) is 4.91. The Balaban J connectivity index is 2.08. The molecule has 0 fully saturated rings. The number of nitrogens with zero attached hydrogens (tertiary/aromatic N) is 2. The third-order valence-electron chi connectivity index (χ3n) is 2.91. The van der Waals surface area contributed by atoms with Crippen LogP contribution >= 0.6 is 0 Å². The SMILES string of the molecule is CC(C)NCCc1ncc(-c2cccc([N+](=O)[O-])c2)[nH]1. The van der Waals surface area contributed by atoms with Gasteiger partial charge in [0.15, 0.2) is 0 Å². The number of aromatic amines is 1. The molecule has 6 heteroatoms. The summed E-state index contributed by atoms with van der Waals surface area (Å²) in [6, 6.07) is 6.98. The number of rotatable bonds is 6. The number of nitro groups is 1. The first-order chi connectivity index (χ1) is 9.56. The molecule has 2 aromatic rings. The number of imidazole rings is 1. The first-order valence-electron chi connectivity index (χ1n) is 6.58. The topological polar surface area (TPSA) is 83.8 Å². The van der Waals surface area contributed by atoms with Crippen LogP contribution in [0.5, 0.6) is 0 Å². The van der Waals surface area contributed by atoms with E-state index in [-0.39, 0.29) is 5.69 Å². The molecule has 0 bridgehead atoms. The van der Waals surface area contributed by atoms with Crippen molar-refractivity contribution >= 4 is 5.69 Å². The highest BCUT2D eigenvalue weighted by Gasteiger charge is 2.09. The quantitative estimate of drug-likeness (QED) is 0.626. The van der Waals surface area contributed by atoms with Crippen LogP contribution in [0, 0.1) is 10.1 Å². The van der Waals surface area contributed by atoms with Gasteiger partial charge < -0.3 is 10.3 Å². The summed E-state index contributed by atoms with van der Waals surface area (Å²) < 4.78 is 0. The number of H-pyrrole nitrogens is 1. The van der Waals surface area contributed by atoms with Crippen molar-refractivity contribution < 1.29 is 4.92 Å². The van der Waals surface area contributed by atoms with Gasteiger partial charge in [-0.2, -0.15) is 0 Å². The molecule has 0 aliphatic carbocycles. The van der Waals surface area contributed by atoms with Gasteiger partial charge in [-0.1, -0.05) is 26.0 Å². The summed E-state index contributed by atoms with van der Waals surface area (Å²) in [7, 11) is 0. The maximum absolute atomic E-state index is 10.8. The zero-order valence-electron chi connectivity index (χ0n) is 11.6. The van der Waals surface area contributed by atoms with Crippen molar-refractivity contribution in [2.45, 2.75) is 26.3 Å². The predicted molar refractivity (Wildman–Crippen MR) is 77.5 cm³/mol. The minimum absolute atomic E-state index is 0.0834. The lowest BCUT2D eigenvalue weighted by atomic mass is 10.1. The highest BCUT2D eigenvalue weighted by atomic mass is 16.6. The van der Waals surface area contributed by atoms with E-state index in [1.807, 2.05) is 6.07 Å². The second-order valence-electron chi connectivity index (χ2n) is 4.91. The lowest BCUT2D eigenvalue weighted by Crippen LogP contribution is -2.25. The molecule has 0 radical (unpaired) electrons. The van der Waals surface area contributed by atoms with Crippen molar-refractivity contribution in [3.63, 3.8) is 0 Å². The largest absolute Gasteiger partial charge is 0.342 e. The lowest BCUT2D eigenvalue weighted by Gasteiger charge is -2.05. The summed E-state index contributed by atoms with van der Waals surface area (Å²) in [6.07, 6.45) is 2.51. The number of nitrogens with one attached hydrogen (secondary N) is 2. The van der Waals surface area contributed by atoms with Gasteiger partial charge in [-0.3, -0.25) is 10.1 Å². The first-order valence-corrected chi connectivity index (χ1v) is 6.58. The average Bonchev–Trinajstić information content (AvgIpc) is 2.87. The van der Waals surface area contributed by atoms with E-state index >= 15 is 0 Å². The number of hydrogen-bond acceptors (Lipinski definition) is 4. The van der Waals surface area contributed by atoms with E-state index in [1.165, 1.54) is 6.07 Å². The second kappa shape index (κ2) is 6.29. The molecule has 0 aliphatic rings. The van der Waals surface area contributed by atoms with Crippen LogP contribution in [0.3, 0.4) is 0 Å². The highest BCUT2D eigenvalue weighted by molar-refractivity contribution is 5.61. The van der Waals surface area contributed by atoms with Crippen LogP contribution in [0.2, 0.25) is 0 Å². The number of nitro benzene ring substituents is 1. The molecule has 1 aromatic heterocycles. The number of benzene rings is 1. The zero-order valence-corrected chi connectivity index (χ0v) is 11.6. The lowest BCUT2D eigenvalue weighted by molar-refractivity contribution is -0.384. The van der Waals surface area contributed by atoms with E-state index in [2.05, 4.69) is 29.1 Å². The molecule has 0 saturated carbocycles. The minimum Gasteiger partial charge on any atom is -0.342 e. The zero-order chi connectivity index (χ0) is 14.5. The van der Waals surface area contributed by atoms with Crippen molar-refractivity contribution in [3.05, 3.63) is 46.4 Å². The van der Waals surface area contributed by atoms with Gasteiger partial charge in [0.1, 0.15) is 5.82 Å². The maximum Gasteiger partial charge on any atom is 0.270 e. The van der Waals surface area contributed by atoms with Crippen molar-refractivity contribution in [1.29, 1.82) is 0 Å². The van der Waals surface area contributed by atoms with Crippen LogP contribution in [-0.4, -0.2) is 27.5 Å². The molecule has 1 heterocycles. The van der Waals surface area contributed by atoms with Gasteiger partial charge in [0, 0.05) is 36.7 Å². The smallest absolute Gasteiger partial charge is 0.270 e. The maximum atomic E-state index is 10.8. The molecule has 2 N–H and O–H groups in total. The van der Waals surface area contributed by atoms with Gasteiger partial charge in [-0.15, -0.1) is 0 Å². The Hall–Kier alpha value is -2.21. The van der Waals surface area contributed by atoms with Gasteiger partial charge in [-0.25, -0.2) is 4.98 Å². The number of hydrogen-bond donors (Lipinski definition) is 2. The summed E-state index contributed by atoms with van der Waals surface area (Å²) in [4.78, 5) is 17.9. The fraction of sp³-hybridized carbons (Fsp3) is 0.357. The molecule has 1 aromatic carbocycles. The monoisotopic (exact) mass is 274 g/mol. The van der Waals surface area contributed by atoms with E-state index in [0.717, 1.165) is 30.0 Å². The number of non-ortho nitro benzene ring substituents is 1. The van der Waals surface area contributed by atoms with Crippen molar-refractivity contribution in [2.75, 3.05) is 6.54 Å².